The van der Waals surface area contributed by atoms with E-state index in [9.17, 15) is 18.0 Å². The molecular weight excluding hydrogens is 203 g/mol. The number of carbonyl (C=O) groups excluding carboxylic acids is 1. The molecule has 1 N–H and O–H groups in total. The lowest BCUT2D eigenvalue weighted by Crippen LogP contribution is -2.33. The summed E-state index contributed by atoms with van der Waals surface area (Å²) in [4.78, 5) is 15.0. The minimum atomic E-state index is -4.65. The summed E-state index contributed by atoms with van der Waals surface area (Å²) >= 11 is 0. The first-order chi connectivity index (χ1) is 6.46. The Morgan fingerprint density at radius 2 is 2.29 bits per heavy atom. The smallest absolute Gasteiger partial charge is 0.399 e. The first-order valence-corrected chi connectivity index (χ1v) is 3.48. The monoisotopic (exact) mass is 209 g/mol. The fourth-order valence-corrected chi connectivity index (χ4v) is 0.878. The maximum absolute atomic E-state index is 12.2. The molecule has 0 radical (unpaired) electrons. The van der Waals surface area contributed by atoms with Crippen molar-refractivity contribution in [3.05, 3.63) is 0 Å². The van der Waals surface area contributed by atoms with Crippen molar-refractivity contribution in [2.24, 2.45) is 16.2 Å². The van der Waals surface area contributed by atoms with Gasteiger partial charge in [0.15, 0.2) is 5.71 Å². The molecule has 1 aliphatic heterocycles. The summed E-state index contributed by atoms with van der Waals surface area (Å²) in [5, 5.41) is 5.97. The summed E-state index contributed by atoms with van der Waals surface area (Å²) in [5.74, 6) is -2.41. The summed E-state index contributed by atoms with van der Waals surface area (Å²) in [6.07, 6.45) is -3.90. The number of oxime groups is 1. The normalized spacial score (nSPS) is 22.4. The second-order valence-corrected chi connectivity index (χ2v) is 2.39. The second kappa shape index (κ2) is 3.64. The highest BCUT2D eigenvalue weighted by atomic mass is 19.4. The Balaban J connectivity index is 2.86. The van der Waals surface area contributed by atoms with Gasteiger partial charge in [-0.15, -0.1) is 0 Å². The van der Waals surface area contributed by atoms with Crippen LogP contribution in [-0.4, -0.2) is 31.1 Å². The highest BCUT2D eigenvalue weighted by molar-refractivity contribution is 6.20. The van der Waals surface area contributed by atoms with Gasteiger partial charge in [0, 0.05) is 0 Å². The molecule has 5 nitrogen and oxygen atoms in total. The van der Waals surface area contributed by atoms with Crippen molar-refractivity contribution in [2.75, 3.05) is 7.11 Å². The van der Waals surface area contributed by atoms with E-state index in [1.807, 2.05) is 0 Å². The van der Waals surface area contributed by atoms with Gasteiger partial charge in [0.1, 0.15) is 13.0 Å². The SMILES string of the molecule is CO/N=C\[C@H]1C(=O)NN=C1C(F)(F)F. The highest BCUT2D eigenvalue weighted by Crippen LogP contribution is 2.24. The van der Waals surface area contributed by atoms with E-state index >= 15 is 0 Å². The van der Waals surface area contributed by atoms with Crippen LogP contribution in [-0.2, 0) is 9.63 Å². The summed E-state index contributed by atoms with van der Waals surface area (Å²) < 4.78 is 36.6. The van der Waals surface area contributed by atoms with Gasteiger partial charge in [-0.25, -0.2) is 5.43 Å². The lowest BCUT2D eigenvalue weighted by atomic mass is 10.1. The maximum Gasteiger partial charge on any atom is 0.432 e. The van der Waals surface area contributed by atoms with Gasteiger partial charge < -0.3 is 4.84 Å². The molecule has 1 amide bonds. The Labute approximate surface area is 76.6 Å². The summed E-state index contributed by atoms with van der Waals surface area (Å²) in [5.41, 5.74) is 0.498. The summed E-state index contributed by atoms with van der Waals surface area (Å²) in [6.45, 7) is 0. The zero-order valence-corrected chi connectivity index (χ0v) is 7.00. The van der Waals surface area contributed by atoms with E-state index in [2.05, 4.69) is 15.1 Å². The van der Waals surface area contributed by atoms with Crippen molar-refractivity contribution >= 4 is 17.8 Å². The molecular formula is C6H6F3N3O2. The van der Waals surface area contributed by atoms with E-state index in [4.69, 9.17) is 0 Å². The molecule has 78 valence electrons. The number of carbonyl (C=O) groups is 1. The molecule has 0 unspecified atom stereocenters. The first kappa shape index (κ1) is 10.5. The van der Waals surface area contributed by atoms with E-state index in [1.165, 1.54) is 0 Å². The molecule has 0 aliphatic carbocycles. The highest BCUT2D eigenvalue weighted by Gasteiger charge is 2.46. The summed E-state index contributed by atoms with van der Waals surface area (Å²) in [6, 6.07) is 0. The lowest BCUT2D eigenvalue weighted by Gasteiger charge is -2.07. The fourth-order valence-electron chi connectivity index (χ4n) is 0.878. The Hall–Kier alpha value is -1.60. The van der Waals surface area contributed by atoms with E-state index in [-0.39, 0.29) is 0 Å². The molecule has 1 atom stereocenters. The van der Waals surface area contributed by atoms with Crippen LogP contribution in [0.2, 0.25) is 0 Å². The zero-order valence-electron chi connectivity index (χ0n) is 7.00. The zero-order chi connectivity index (χ0) is 10.8. The molecule has 1 rings (SSSR count). The minimum absolute atomic E-state index is 0.745. The molecule has 14 heavy (non-hydrogen) atoms. The van der Waals surface area contributed by atoms with Gasteiger partial charge in [0.05, 0.1) is 6.21 Å². The number of halogens is 3. The van der Waals surface area contributed by atoms with Crippen LogP contribution in [0.5, 0.6) is 0 Å². The van der Waals surface area contributed by atoms with Gasteiger partial charge in [-0.05, 0) is 0 Å². The van der Waals surface area contributed by atoms with Crippen molar-refractivity contribution in [1.82, 2.24) is 5.43 Å². The molecule has 0 spiro atoms. The quantitative estimate of drug-likeness (QED) is 0.524. The van der Waals surface area contributed by atoms with Crippen LogP contribution >= 0.6 is 0 Å². The maximum atomic E-state index is 12.2. The Morgan fingerprint density at radius 3 is 2.79 bits per heavy atom. The predicted molar refractivity (Wildman–Crippen MR) is 40.6 cm³/mol. The van der Waals surface area contributed by atoms with Crippen LogP contribution in [0.25, 0.3) is 0 Å². The third kappa shape index (κ3) is 2.01. The molecule has 0 saturated heterocycles. The fraction of sp³-hybridized carbons (Fsp3) is 0.500. The predicted octanol–water partition coefficient (Wildman–Crippen LogP) is 0.283. The van der Waals surface area contributed by atoms with E-state index < -0.39 is 23.7 Å². The molecule has 0 bridgehead atoms. The van der Waals surface area contributed by atoms with Crippen LogP contribution in [0.15, 0.2) is 10.3 Å². The minimum Gasteiger partial charge on any atom is -0.399 e. The Kier molecular flexibility index (Phi) is 2.73. The average molecular weight is 209 g/mol. The number of nitrogens with zero attached hydrogens (tertiary/aromatic N) is 2. The third-order valence-electron chi connectivity index (χ3n) is 1.47. The molecule has 0 aromatic heterocycles. The van der Waals surface area contributed by atoms with Crippen LogP contribution in [0.1, 0.15) is 0 Å². The third-order valence-corrected chi connectivity index (χ3v) is 1.47. The van der Waals surface area contributed by atoms with Crippen molar-refractivity contribution < 1.29 is 22.8 Å². The lowest BCUT2D eigenvalue weighted by molar-refractivity contribution is -0.121. The first-order valence-electron chi connectivity index (χ1n) is 3.48. The van der Waals surface area contributed by atoms with Crippen LogP contribution in [0.3, 0.4) is 0 Å². The Bertz CT molecular complexity index is 297. The van der Waals surface area contributed by atoms with Crippen molar-refractivity contribution in [3.63, 3.8) is 0 Å². The van der Waals surface area contributed by atoms with Crippen LogP contribution in [0, 0.1) is 5.92 Å². The number of alkyl halides is 3. The second-order valence-electron chi connectivity index (χ2n) is 2.39. The standard InChI is InChI=1S/C6H6F3N3O2/c1-14-10-2-3-4(6(7,8)9)11-12-5(3)13/h2-3H,1H3,(H,12,13)/b10-2-/t3-/m1/s1. The molecule has 0 aromatic carbocycles. The number of rotatable bonds is 2. The number of hydrogen-bond donors (Lipinski definition) is 1. The van der Waals surface area contributed by atoms with Crippen LogP contribution < -0.4 is 5.43 Å². The molecule has 0 aromatic rings. The molecule has 1 aliphatic rings. The molecule has 8 heteroatoms. The van der Waals surface area contributed by atoms with Crippen molar-refractivity contribution in [1.29, 1.82) is 0 Å². The van der Waals surface area contributed by atoms with E-state index in [0.29, 0.717) is 0 Å². The van der Waals surface area contributed by atoms with Gasteiger partial charge in [0.25, 0.3) is 5.91 Å². The number of hydrazone groups is 1. The van der Waals surface area contributed by atoms with Gasteiger partial charge in [-0.2, -0.15) is 18.3 Å². The van der Waals surface area contributed by atoms with E-state index in [0.717, 1.165) is 13.3 Å². The molecule has 0 fully saturated rings. The molecule has 1 heterocycles. The number of amides is 1. The van der Waals surface area contributed by atoms with Gasteiger partial charge in [-0.3, -0.25) is 4.79 Å². The van der Waals surface area contributed by atoms with Gasteiger partial charge >= 0.3 is 6.18 Å². The largest absolute Gasteiger partial charge is 0.432 e. The van der Waals surface area contributed by atoms with Gasteiger partial charge in [0.2, 0.25) is 0 Å². The van der Waals surface area contributed by atoms with Crippen molar-refractivity contribution in [3.8, 4) is 0 Å². The Morgan fingerprint density at radius 1 is 1.64 bits per heavy atom. The number of hydrogen-bond acceptors (Lipinski definition) is 4. The van der Waals surface area contributed by atoms with Crippen LogP contribution in [0.4, 0.5) is 13.2 Å². The topological polar surface area (TPSA) is 63.0 Å². The van der Waals surface area contributed by atoms with Crippen molar-refractivity contribution in [2.45, 2.75) is 6.18 Å². The summed E-state index contributed by atoms with van der Waals surface area (Å²) in [7, 11) is 1.16. The molecule has 0 saturated carbocycles. The van der Waals surface area contributed by atoms with E-state index in [1.54, 1.807) is 5.43 Å². The van der Waals surface area contributed by atoms with Gasteiger partial charge in [-0.1, -0.05) is 5.16 Å². The number of nitrogens with one attached hydrogen (secondary N) is 1. The average Bonchev–Trinajstić information content (AvgIpc) is 2.42.